The van der Waals surface area contributed by atoms with Gasteiger partial charge < -0.3 is 118 Å². The van der Waals surface area contributed by atoms with Crippen LogP contribution in [0.3, 0.4) is 0 Å². The van der Waals surface area contributed by atoms with Crippen LogP contribution in [-0.4, -0.2) is 339 Å². The summed E-state index contributed by atoms with van der Waals surface area (Å²) >= 11 is 0. The Kier molecular flexibility index (Phi) is 33.4. The van der Waals surface area contributed by atoms with E-state index in [9.17, 15) is 49.9 Å². The number of aromatic nitrogens is 9. The van der Waals surface area contributed by atoms with Crippen molar-refractivity contribution in [1.82, 2.24) is 71.2 Å². The predicted octanol–water partition coefficient (Wildman–Crippen LogP) is 6.20. The maximum atomic E-state index is 12.4. The number of nitrogens with one attached hydrogen (secondary N) is 6. The fourth-order valence-electron chi connectivity index (χ4n) is 13.2. The lowest BCUT2D eigenvalue weighted by atomic mass is 10.2. The zero-order valence-corrected chi connectivity index (χ0v) is 79.7. The number of rotatable bonds is 43. The van der Waals surface area contributed by atoms with E-state index >= 15 is 0 Å². The normalized spacial score (nSPS) is 14.2. The van der Waals surface area contributed by atoms with Gasteiger partial charge in [-0.25, -0.2) is 25.3 Å². The second-order valence-corrected chi connectivity index (χ2v) is 44.6. The van der Waals surface area contributed by atoms with Gasteiger partial charge in [-0.2, -0.15) is 42.8 Å². The Labute approximate surface area is 753 Å². The monoisotopic (exact) mass is 1860 g/mol. The predicted molar refractivity (Wildman–Crippen MR) is 504 cm³/mol. The quantitative estimate of drug-likeness (QED) is 0.0120. The minimum Gasteiger partial charge on any atom is -0.494 e. The summed E-state index contributed by atoms with van der Waals surface area (Å²) in [5.74, 6) is 1.66. The van der Waals surface area contributed by atoms with Gasteiger partial charge in [-0.1, -0.05) is 39.4 Å². The van der Waals surface area contributed by atoms with Gasteiger partial charge in [0.15, 0.2) is 16.9 Å². The highest BCUT2D eigenvalue weighted by Gasteiger charge is 2.39. The van der Waals surface area contributed by atoms with Gasteiger partial charge >= 0.3 is 0 Å². The van der Waals surface area contributed by atoms with Crippen LogP contribution in [0, 0.1) is 0 Å². The van der Waals surface area contributed by atoms with Crippen molar-refractivity contribution >= 4 is 158 Å². The number of methoxy groups -OCH3 is 3. The molecule has 0 atom stereocenters. The Morgan fingerprint density at radius 2 is 0.721 bits per heavy atom. The van der Waals surface area contributed by atoms with Gasteiger partial charge in [0.05, 0.1) is 147 Å². The largest absolute Gasteiger partial charge is 0.494 e. The van der Waals surface area contributed by atoms with E-state index in [1.807, 2.05) is 101 Å². The lowest BCUT2D eigenvalue weighted by Gasteiger charge is -2.36. The molecule has 129 heavy (non-hydrogen) atoms. The number of nitrogens with zero attached hydrogens (tertiary/aromatic N) is 18. The number of aliphatic hydroxyl groups is 2. The number of fused-ring (bicyclic) bond motifs is 3. The van der Waals surface area contributed by atoms with Gasteiger partial charge in [0, 0.05) is 112 Å². The standard InChI is InChI=1S/C31H48N8O6SSi.2C26H36N8O6S/c1-10-28(40)32-24-17-25(27(43-5)18-26(24)37(4)14-13-36(2)3)33-31-34-29-23(11-12-38(29)21-44-15-16-47(7,8)9)30(35-31)45-22-19-39(20-22)46(6,41)42;2*1-7-23(36)27-19-12-20(22(39-5)13-21(19)32(4)11-10-31(2)3)28-26-29-24-18(8-9-33(24)16-35)25(30-26)40-17-14-34(15-17)41(6,37)38/h10-12,17-18,22H,1,13-16,19-21H2,2-9H3,(H,32,40)(H,33,34,35);2*7-9,12-13,17,35H,1,10-11,14-16H2,2-6H3,(H,27,36)(H,28,29,30). The summed E-state index contributed by atoms with van der Waals surface area (Å²) in [6.45, 7) is 23.7. The highest BCUT2D eigenvalue weighted by Crippen LogP contribution is 2.43. The maximum absolute atomic E-state index is 12.4. The molecule has 46 heteroatoms. The van der Waals surface area contributed by atoms with Crippen LogP contribution in [0.25, 0.3) is 33.1 Å². The number of benzene rings is 3. The molecule has 0 spiro atoms. The van der Waals surface area contributed by atoms with Crippen LogP contribution in [0.15, 0.2) is 111 Å². The van der Waals surface area contributed by atoms with E-state index in [1.165, 1.54) is 60.8 Å². The van der Waals surface area contributed by atoms with Crippen molar-refractivity contribution in [1.29, 1.82) is 0 Å². The highest BCUT2D eigenvalue weighted by atomic mass is 32.2. The molecule has 3 amide bonds. The third kappa shape index (κ3) is 26.4. The first-order chi connectivity index (χ1) is 60.9. The highest BCUT2D eigenvalue weighted by molar-refractivity contribution is 7.88. The van der Waals surface area contributed by atoms with E-state index in [2.05, 4.69) is 106 Å². The zero-order valence-electron chi connectivity index (χ0n) is 76.2. The van der Waals surface area contributed by atoms with Gasteiger partial charge in [-0.15, -0.1) is 0 Å². The summed E-state index contributed by atoms with van der Waals surface area (Å²) in [6.07, 6.45) is 11.1. The number of ether oxygens (including phenoxy) is 7. The number of carbonyl (C=O) groups is 3. The molecule has 0 saturated carbocycles. The summed E-state index contributed by atoms with van der Waals surface area (Å²) in [5, 5.41) is 39.7. The number of sulfonamides is 3. The summed E-state index contributed by atoms with van der Waals surface area (Å²) in [6, 6.07) is 17.0. The van der Waals surface area contributed by atoms with Crippen LogP contribution < -0.4 is 75.0 Å². The summed E-state index contributed by atoms with van der Waals surface area (Å²) < 4.78 is 121. The smallest absolute Gasteiger partial charge is 0.247 e. The van der Waals surface area contributed by atoms with Crippen LogP contribution in [0.4, 0.5) is 69.0 Å². The van der Waals surface area contributed by atoms with E-state index in [0.717, 1.165) is 55.3 Å². The van der Waals surface area contributed by atoms with Crippen molar-refractivity contribution in [3.05, 3.63) is 111 Å². The number of aliphatic hydroxyl groups excluding tert-OH is 2. The van der Waals surface area contributed by atoms with Crippen molar-refractivity contribution in [3.63, 3.8) is 0 Å². The molecule has 3 aliphatic heterocycles. The Morgan fingerprint density at radius 3 is 0.969 bits per heavy atom. The van der Waals surface area contributed by atoms with Crippen molar-refractivity contribution in [2.75, 3.05) is 235 Å². The third-order valence-corrected chi connectivity index (χ3v) is 26.3. The first kappa shape index (κ1) is 99.6. The average Bonchev–Trinajstić information content (AvgIpc) is 1.69. The molecule has 6 aromatic heterocycles. The van der Waals surface area contributed by atoms with Gasteiger partial charge in [-0.3, -0.25) is 14.4 Å². The molecule has 12 rings (SSSR count). The maximum Gasteiger partial charge on any atom is 0.247 e. The fraction of sp³-hybridized carbons (Fsp3) is 0.458. The first-order valence-electron chi connectivity index (χ1n) is 41.0. The molecule has 0 bridgehead atoms. The van der Waals surface area contributed by atoms with Crippen LogP contribution in [0.5, 0.6) is 34.9 Å². The first-order valence-corrected chi connectivity index (χ1v) is 50.3. The van der Waals surface area contributed by atoms with E-state index in [4.69, 9.17) is 43.1 Å². The van der Waals surface area contributed by atoms with E-state index in [1.54, 1.807) is 62.0 Å². The molecule has 0 aliphatic carbocycles. The Bertz CT molecular complexity index is 5650. The van der Waals surface area contributed by atoms with Crippen LogP contribution in [0.2, 0.25) is 25.7 Å². The number of anilines is 12. The molecule has 3 fully saturated rings. The van der Waals surface area contributed by atoms with Crippen molar-refractivity contribution < 1.29 is 83.0 Å². The van der Waals surface area contributed by atoms with Crippen LogP contribution >= 0.6 is 0 Å². The van der Waals surface area contributed by atoms with E-state index in [0.29, 0.717) is 123 Å². The average molecular weight is 1870 g/mol. The zero-order chi connectivity index (χ0) is 94.3. The molecule has 0 radical (unpaired) electrons. The van der Waals surface area contributed by atoms with E-state index < -0.39 is 38.1 Å². The molecule has 3 aliphatic rings. The van der Waals surface area contributed by atoms with Gasteiger partial charge in [0.2, 0.25) is 83.3 Å². The molecular weight excluding hydrogens is 1750 g/mol. The molecule has 9 heterocycles. The lowest BCUT2D eigenvalue weighted by Crippen LogP contribution is -2.55. The second kappa shape index (κ2) is 43.2. The number of carbonyl (C=O) groups excluding carboxylic acids is 3. The van der Waals surface area contributed by atoms with Crippen molar-refractivity contribution in [3.8, 4) is 34.9 Å². The fourth-order valence-corrected chi connectivity index (χ4v) is 16.6. The third-order valence-electron chi connectivity index (χ3n) is 20.9. The van der Waals surface area contributed by atoms with Gasteiger partial charge in [0.1, 0.15) is 55.8 Å². The Morgan fingerprint density at radius 1 is 0.442 bits per heavy atom. The van der Waals surface area contributed by atoms with Crippen LogP contribution in [-0.2, 0) is 69.4 Å². The van der Waals surface area contributed by atoms with Gasteiger partial charge in [-0.05, 0) is 103 Å². The second-order valence-electron chi connectivity index (χ2n) is 33.1. The summed E-state index contributed by atoms with van der Waals surface area (Å²) in [5.41, 5.74) is 6.68. The summed E-state index contributed by atoms with van der Waals surface area (Å²) in [4.78, 5) is 77.0. The SMILES string of the molecule is C=CC(=O)Nc1cc(Nc2nc(OC3CN(S(C)(=O)=O)C3)c3ccn(CO)c3n2)c(OC)cc1N(C)CCN(C)C.C=CC(=O)Nc1cc(Nc2nc(OC3CN(S(C)(=O)=O)C3)c3ccn(CO)c3n2)c(OC)cc1N(C)CCN(C)C.C=CC(=O)Nc1cc(Nc2nc(OC3CN(S(C)(=O)=O)C3)c3ccn(COCC[Si](C)(C)C)c3n2)c(OC)cc1N(C)CCN(C)C. The number of likely N-dealkylation sites (N-methyl/N-ethyl adjacent to an activating group) is 6. The molecule has 3 saturated heterocycles. The number of amides is 3. The topological polar surface area (TPSA) is 452 Å². The van der Waals surface area contributed by atoms with Gasteiger partial charge in [0.25, 0.3) is 0 Å². The number of hydrogen-bond acceptors (Lipinski definition) is 33. The minimum absolute atomic E-state index is 0.146. The molecular formula is C83H120N24O18S3Si. The molecule has 3 aromatic carbocycles. The number of hydrogen-bond donors (Lipinski definition) is 8. The van der Waals surface area contributed by atoms with Crippen molar-refractivity contribution in [2.24, 2.45) is 0 Å². The molecule has 8 N–H and O–H groups in total. The van der Waals surface area contributed by atoms with Crippen LogP contribution in [0.1, 0.15) is 0 Å². The Balaban J connectivity index is 0.000000202. The Hall–Kier alpha value is -11.5. The molecule has 702 valence electrons. The summed E-state index contributed by atoms with van der Waals surface area (Å²) in [7, 11) is 11.2. The molecule has 42 nitrogen and oxygen atoms in total. The molecule has 9 aromatic rings. The lowest BCUT2D eigenvalue weighted by molar-refractivity contribution is -0.112. The van der Waals surface area contributed by atoms with Crippen molar-refractivity contribution in [2.45, 2.75) is 64.2 Å². The minimum atomic E-state index is -3.31. The molecule has 0 unspecified atom stereocenters. The van der Waals surface area contributed by atoms with E-state index in [-0.39, 0.29) is 118 Å².